The van der Waals surface area contributed by atoms with Gasteiger partial charge in [0.25, 0.3) is 0 Å². The topological polar surface area (TPSA) is 13.0 Å². The summed E-state index contributed by atoms with van der Waals surface area (Å²) >= 11 is 0. The van der Waals surface area contributed by atoms with Crippen LogP contribution in [0.5, 0.6) is 0 Å². The highest BCUT2D eigenvalue weighted by atomic mass is 15.4. The van der Waals surface area contributed by atoms with E-state index in [9.17, 15) is 0 Å². The van der Waals surface area contributed by atoms with E-state index in [1.807, 2.05) is 0 Å². The van der Waals surface area contributed by atoms with Crippen LogP contribution < -0.4 is 0 Å². The van der Waals surface area contributed by atoms with Gasteiger partial charge in [-0.15, -0.1) is 0 Å². The molecule has 1 unspecified atom stereocenters. The lowest BCUT2D eigenvalue weighted by Crippen LogP contribution is -2.32. The average molecular weight is 292 g/mol. The number of hydrogen-bond donors (Lipinski definition) is 0. The molecule has 1 atom stereocenters. The second kappa shape index (κ2) is 7.91. The molecule has 0 saturated carbocycles. The van der Waals surface area contributed by atoms with Crippen LogP contribution in [0.25, 0.3) is 0 Å². The minimum Gasteiger partial charge on any atom is -0.302 e. The molecule has 3 aliphatic heterocycles. The Morgan fingerprint density at radius 3 is 2.29 bits per heavy atom. The SMILES string of the molecule is CC1CCCN1CCCN1[C]N(CCN2CCCC2)CC1. The van der Waals surface area contributed by atoms with Gasteiger partial charge in [-0.05, 0) is 65.2 Å². The van der Waals surface area contributed by atoms with Crippen LogP contribution >= 0.6 is 0 Å². The van der Waals surface area contributed by atoms with Crippen molar-refractivity contribution in [1.82, 2.24) is 19.6 Å². The fourth-order valence-electron chi connectivity index (χ4n) is 3.92. The van der Waals surface area contributed by atoms with E-state index in [4.69, 9.17) is 0 Å². The number of hydrogen-bond acceptors (Lipinski definition) is 4. The van der Waals surface area contributed by atoms with E-state index in [2.05, 4.69) is 33.2 Å². The Bertz CT molecular complexity index is 303. The number of likely N-dealkylation sites (tertiary alicyclic amines) is 2. The van der Waals surface area contributed by atoms with Crippen molar-refractivity contribution in [2.45, 2.75) is 45.1 Å². The molecule has 3 saturated heterocycles. The summed E-state index contributed by atoms with van der Waals surface area (Å²) in [5, 5.41) is 0. The molecular formula is C17H32N4. The van der Waals surface area contributed by atoms with Crippen molar-refractivity contribution in [2.75, 3.05) is 58.9 Å². The third-order valence-corrected chi connectivity index (χ3v) is 5.37. The Labute approximate surface area is 131 Å². The molecule has 0 amide bonds. The van der Waals surface area contributed by atoms with Gasteiger partial charge in [0.15, 0.2) is 0 Å². The van der Waals surface area contributed by atoms with E-state index < -0.39 is 0 Å². The second-order valence-corrected chi connectivity index (χ2v) is 7.00. The summed E-state index contributed by atoms with van der Waals surface area (Å²) in [6.45, 7) is 17.1. The molecule has 0 spiro atoms. The summed E-state index contributed by atoms with van der Waals surface area (Å²) in [6, 6.07) is 0.813. The molecule has 21 heavy (non-hydrogen) atoms. The van der Waals surface area contributed by atoms with Crippen molar-refractivity contribution < 1.29 is 0 Å². The molecule has 3 rings (SSSR count). The maximum atomic E-state index is 3.57. The molecule has 0 aromatic heterocycles. The van der Waals surface area contributed by atoms with Crippen molar-refractivity contribution in [3.8, 4) is 0 Å². The minimum absolute atomic E-state index is 0.813. The molecule has 2 radical (unpaired) electrons. The fraction of sp³-hybridized carbons (Fsp3) is 0.941. The van der Waals surface area contributed by atoms with Gasteiger partial charge in [-0.1, -0.05) is 0 Å². The molecule has 3 fully saturated rings. The largest absolute Gasteiger partial charge is 0.302 e. The molecule has 0 aromatic rings. The second-order valence-electron chi connectivity index (χ2n) is 7.00. The van der Waals surface area contributed by atoms with Crippen molar-refractivity contribution in [3.05, 3.63) is 6.67 Å². The van der Waals surface area contributed by atoms with Gasteiger partial charge in [-0.3, -0.25) is 9.80 Å². The Balaban J connectivity index is 1.26. The molecule has 120 valence electrons. The highest BCUT2D eigenvalue weighted by Crippen LogP contribution is 2.17. The summed E-state index contributed by atoms with van der Waals surface area (Å²) in [7, 11) is 0. The zero-order valence-electron chi connectivity index (χ0n) is 13.8. The van der Waals surface area contributed by atoms with Gasteiger partial charge in [0.2, 0.25) is 0 Å². The van der Waals surface area contributed by atoms with Gasteiger partial charge in [-0.25, -0.2) is 0 Å². The van der Waals surface area contributed by atoms with Crippen molar-refractivity contribution in [3.63, 3.8) is 0 Å². The smallest absolute Gasteiger partial charge is 0.146 e. The third kappa shape index (κ3) is 4.65. The molecular weight excluding hydrogens is 260 g/mol. The first-order chi connectivity index (χ1) is 10.3. The third-order valence-electron chi connectivity index (χ3n) is 5.37. The van der Waals surface area contributed by atoms with E-state index in [-0.39, 0.29) is 0 Å². The van der Waals surface area contributed by atoms with E-state index in [1.165, 1.54) is 91.0 Å². The molecule has 0 bridgehead atoms. The molecule has 0 aliphatic carbocycles. The maximum absolute atomic E-state index is 3.57. The van der Waals surface area contributed by atoms with Crippen molar-refractivity contribution >= 4 is 0 Å². The van der Waals surface area contributed by atoms with Gasteiger partial charge >= 0.3 is 0 Å². The van der Waals surface area contributed by atoms with E-state index in [0.29, 0.717) is 0 Å². The highest BCUT2D eigenvalue weighted by molar-refractivity contribution is 4.82. The van der Waals surface area contributed by atoms with Gasteiger partial charge in [-0.2, -0.15) is 0 Å². The first kappa shape index (κ1) is 15.7. The van der Waals surface area contributed by atoms with Gasteiger partial charge < -0.3 is 9.80 Å². The normalized spacial score (nSPS) is 29.9. The predicted molar refractivity (Wildman–Crippen MR) is 86.9 cm³/mol. The van der Waals surface area contributed by atoms with Gasteiger partial charge in [0.05, 0.1) is 0 Å². The van der Waals surface area contributed by atoms with Crippen LogP contribution in [0, 0.1) is 6.67 Å². The van der Waals surface area contributed by atoms with Crippen LogP contribution in [-0.2, 0) is 0 Å². The number of nitrogens with zero attached hydrogens (tertiary/aromatic N) is 4. The average Bonchev–Trinajstić information content (AvgIpc) is 3.20. The minimum atomic E-state index is 0.813. The standard InChI is InChI=1S/C17H32N4/c1-17-6-4-10-21(17)11-5-9-19-14-15-20(16-19)13-12-18-7-2-3-8-18/h17H,2-15H2,1H3. The van der Waals surface area contributed by atoms with Crippen LogP contribution in [0.2, 0.25) is 0 Å². The van der Waals surface area contributed by atoms with Crippen LogP contribution in [0.3, 0.4) is 0 Å². The lowest BCUT2D eigenvalue weighted by Gasteiger charge is -2.23. The lowest BCUT2D eigenvalue weighted by molar-refractivity contribution is 0.238. The van der Waals surface area contributed by atoms with E-state index >= 15 is 0 Å². The Kier molecular flexibility index (Phi) is 5.92. The van der Waals surface area contributed by atoms with Crippen molar-refractivity contribution in [2.24, 2.45) is 0 Å². The summed E-state index contributed by atoms with van der Waals surface area (Å²) in [5.41, 5.74) is 0. The summed E-state index contributed by atoms with van der Waals surface area (Å²) in [4.78, 5) is 10.1. The first-order valence-electron chi connectivity index (χ1n) is 9.04. The van der Waals surface area contributed by atoms with Crippen LogP contribution in [0.1, 0.15) is 39.0 Å². The van der Waals surface area contributed by atoms with E-state index in [0.717, 1.165) is 6.04 Å². The number of rotatable bonds is 7. The molecule has 3 heterocycles. The first-order valence-corrected chi connectivity index (χ1v) is 9.04. The molecule has 0 N–H and O–H groups in total. The summed E-state index contributed by atoms with van der Waals surface area (Å²) < 4.78 is 0. The monoisotopic (exact) mass is 292 g/mol. The van der Waals surface area contributed by atoms with Gasteiger partial charge in [0, 0.05) is 38.8 Å². The summed E-state index contributed by atoms with van der Waals surface area (Å²) in [5.74, 6) is 0. The molecule has 3 aliphatic rings. The highest BCUT2D eigenvalue weighted by Gasteiger charge is 2.23. The maximum Gasteiger partial charge on any atom is 0.146 e. The van der Waals surface area contributed by atoms with Crippen LogP contribution in [0.4, 0.5) is 0 Å². The Morgan fingerprint density at radius 2 is 1.57 bits per heavy atom. The Morgan fingerprint density at radius 1 is 0.810 bits per heavy atom. The van der Waals surface area contributed by atoms with Crippen molar-refractivity contribution in [1.29, 1.82) is 0 Å². The van der Waals surface area contributed by atoms with Gasteiger partial charge in [0.1, 0.15) is 6.67 Å². The lowest BCUT2D eigenvalue weighted by atomic mass is 10.2. The van der Waals surface area contributed by atoms with Crippen LogP contribution in [0.15, 0.2) is 0 Å². The molecule has 4 nitrogen and oxygen atoms in total. The van der Waals surface area contributed by atoms with Crippen LogP contribution in [-0.4, -0.2) is 84.5 Å². The zero-order valence-corrected chi connectivity index (χ0v) is 13.8. The van der Waals surface area contributed by atoms with E-state index in [1.54, 1.807) is 0 Å². The Hall–Kier alpha value is -0.160. The quantitative estimate of drug-likeness (QED) is 0.706. The molecule has 0 aromatic carbocycles. The predicted octanol–water partition coefficient (Wildman–Crippen LogP) is 1.57. The summed E-state index contributed by atoms with van der Waals surface area (Å²) in [6.07, 6.45) is 6.87. The fourth-order valence-corrected chi connectivity index (χ4v) is 3.92. The molecule has 4 heteroatoms. The zero-order chi connectivity index (χ0) is 14.5.